The topological polar surface area (TPSA) is 62.2 Å². The minimum absolute atomic E-state index is 0.232. The van der Waals surface area contributed by atoms with Gasteiger partial charge >= 0.3 is 5.97 Å². The van der Waals surface area contributed by atoms with Crippen molar-refractivity contribution in [3.05, 3.63) is 58.8 Å². The molecular formula is C15H16N2O2. The fraction of sp³-hybridized carbons (Fsp3) is 0.200. The van der Waals surface area contributed by atoms with Crippen molar-refractivity contribution >= 4 is 11.8 Å². The lowest BCUT2D eigenvalue weighted by molar-refractivity contribution is 0.0697. The average molecular weight is 256 g/mol. The van der Waals surface area contributed by atoms with Crippen LogP contribution in [0.15, 0.2) is 36.5 Å². The second-order valence-corrected chi connectivity index (χ2v) is 4.44. The van der Waals surface area contributed by atoms with Gasteiger partial charge in [0.25, 0.3) is 0 Å². The van der Waals surface area contributed by atoms with Crippen LogP contribution in [-0.2, 0) is 6.54 Å². The van der Waals surface area contributed by atoms with Crippen molar-refractivity contribution in [2.24, 2.45) is 0 Å². The van der Waals surface area contributed by atoms with Crippen LogP contribution in [0.5, 0.6) is 0 Å². The minimum Gasteiger partial charge on any atom is -0.478 e. The molecule has 0 bridgehead atoms. The fourth-order valence-corrected chi connectivity index (χ4v) is 1.95. The van der Waals surface area contributed by atoms with E-state index < -0.39 is 5.97 Å². The van der Waals surface area contributed by atoms with Crippen molar-refractivity contribution in [3.8, 4) is 0 Å². The Balaban J connectivity index is 2.23. The standard InChI is InChI=1S/C15H16N2O2/c1-10-5-3-4-6-12(10)9-17-14-13(15(18)19)11(2)7-8-16-14/h3-8H,9H2,1-2H3,(H,16,17)(H,18,19). The number of rotatable bonds is 4. The monoisotopic (exact) mass is 256 g/mol. The van der Waals surface area contributed by atoms with Crippen molar-refractivity contribution in [2.75, 3.05) is 5.32 Å². The highest BCUT2D eigenvalue weighted by atomic mass is 16.4. The summed E-state index contributed by atoms with van der Waals surface area (Å²) in [5.41, 5.74) is 3.23. The molecule has 2 rings (SSSR count). The lowest BCUT2D eigenvalue weighted by Gasteiger charge is -2.11. The van der Waals surface area contributed by atoms with Gasteiger partial charge in [-0.15, -0.1) is 0 Å². The highest BCUT2D eigenvalue weighted by molar-refractivity contribution is 5.94. The lowest BCUT2D eigenvalue weighted by atomic mass is 10.1. The predicted molar refractivity (Wildman–Crippen MR) is 74.4 cm³/mol. The summed E-state index contributed by atoms with van der Waals surface area (Å²) in [5.74, 6) is -0.548. The van der Waals surface area contributed by atoms with Gasteiger partial charge in [0.2, 0.25) is 0 Å². The van der Waals surface area contributed by atoms with E-state index in [-0.39, 0.29) is 5.56 Å². The number of hydrogen-bond acceptors (Lipinski definition) is 3. The van der Waals surface area contributed by atoms with E-state index >= 15 is 0 Å². The van der Waals surface area contributed by atoms with Gasteiger partial charge in [-0.05, 0) is 36.6 Å². The molecule has 1 aromatic carbocycles. The Hall–Kier alpha value is -2.36. The zero-order valence-electron chi connectivity index (χ0n) is 11.0. The molecule has 0 atom stereocenters. The van der Waals surface area contributed by atoms with Crippen molar-refractivity contribution in [3.63, 3.8) is 0 Å². The van der Waals surface area contributed by atoms with Crippen molar-refractivity contribution in [1.29, 1.82) is 0 Å². The van der Waals surface area contributed by atoms with Gasteiger partial charge < -0.3 is 10.4 Å². The molecule has 0 fully saturated rings. The van der Waals surface area contributed by atoms with E-state index in [2.05, 4.69) is 10.3 Å². The maximum Gasteiger partial charge on any atom is 0.339 e. The molecular weight excluding hydrogens is 240 g/mol. The van der Waals surface area contributed by atoms with Crippen LogP contribution in [0.4, 0.5) is 5.82 Å². The van der Waals surface area contributed by atoms with Crippen LogP contribution in [0, 0.1) is 13.8 Å². The van der Waals surface area contributed by atoms with E-state index in [1.807, 2.05) is 31.2 Å². The number of hydrogen-bond donors (Lipinski definition) is 2. The number of nitrogens with zero attached hydrogens (tertiary/aromatic N) is 1. The average Bonchev–Trinajstić information content (AvgIpc) is 2.37. The van der Waals surface area contributed by atoms with Gasteiger partial charge in [-0.2, -0.15) is 0 Å². The van der Waals surface area contributed by atoms with Crippen LogP contribution < -0.4 is 5.32 Å². The molecule has 2 N–H and O–H groups in total. The maximum atomic E-state index is 11.2. The summed E-state index contributed by atoms with van der Waals surface area (Å²) >= 11 is 0. The molecule has 1 heterocycles. The van der Waals surface area contributed by atoms with Crippen molar-refractivity contribution in [2.45, 2.75) is 20.4 Å². The van der Waals surface area contributed by atoms with Crippen LogP contribution in [0.2, 0.25) is 0 Å². The number of carbonyl (C=O) groups is 1. The van der Waals surface area contributed by atoms with Crippen LogP contribution >= 0.6 is 0 Å². The summed E-state index contributed by atoms with van der Waals surface area (Å²) < 4.78 is 0. The number of aromatic carboxylic acids is 1. The maximum absolute atomic E-state index is 11.2. The van der Waals surface area contributed by atoms with Gasteiger partial charge in [-0.25, -0.2) is 9.78 Å². The molecule has 0 saturated heterocycles. The molecule has 0 aliphatic rings. The van der Waals surface area contributed by atoms with Gasteiger partial charge in [0.05, 0.1) is 0 Å². The Morgan fingerprint density at radius 1 is 1.21 bits per heavy atom. The van der Waals surface area contributed by atoms with Crippen molar-refractivity contribution < 1.29 is 9.90 Å². The molecule has 0 aliphatic carbocycles. The Bertz CT molecular complexity index is 609. The molecule has 98 valence electrons. The molecule has 1 aromatic heterocycles. The molecule has 0 amide bonds. The molecule has 4 heteroatoms. The van der Waals surface area contributed by atoms with Crippen LogP contribution in [-0.4, -0.2) is 16.1 Å². The van der Waals surface area contributed by atoms with E-state index in [4.69, 9.17) is 0 Å². The number of anilines is 1. The first kappa shape index (κ1) is 13.1. The summed E-state index contributed by atoms with van der Waals surface area (Å²) in [4.78, 5) is 15.4. The molecule has 4 nitrogen and oxygen atoms in total. The van der Waals surface area contributed by atoms with E-state index in [0.29, 0.717) is 17.9 Å². The van der Waals surface area contributed by atoms with Gasteiger partial charge in [0, 0.05) is 12.7 Å². The number of benzene rings is 1. The summed E-state index contributed by atoms with van der Waals surface area (Å²) in [5, 5.41) is 12.3. The zero-order valence-corrected chi connectivity index (χ0v) is 11.0. The normalized spacial score (nSPS) is 10.2. The molecule has 0 aliphatic heterocycles. The minimum atomic E-state index is -0.960. The number of carboxylic acid groups (broad SMARTS) is 1. The second-order valence-electron chi connectivity index (χ2n) is 4.44. The highest BCUT2D eigenvalue weighted by Crippen LogP contribution is 2.18. The molecule has 19 heavy (non-hydrogen) atoms. The Kier molecular flexibility index (Phi) is 3.80. The van der Waals surface area contributed by atoms with E-state index in [9.17, 15) is 9.90 Å². The Morgan fingerprint density at radius 3 is 2.63 bits per heavy atom. The quantitative estimate of drug-likeness (QED) is 0.882. The largest absolute Gasteiger partial charge is 0.478 e. The number of carboxylic acids is 1. The van der Waals surface area contributed by atoms with Crippen molar-refractivity contribution in [1.82, 2.24) is 4.98 Å². The van der Waals surface area contributed by atoms with Gasteiger partial charge in [0.1, 0.15) is 11.4 Å². The first-order valence-electron chi connectivity index (χ1n) is 6.07. The predicted octanol–water partition coefficient (Wildman–Crippen LogP) is 3.01. The number of aromatic nitrogens is 1. The molecule has 0 saturated carbocycles. The molecule has 0 radical (unpaired) electrons. The molecule has 2 aromatic rings. The third-order valence-corrected chi connectivity index (χ3v) is 3.08. The molecule has 0 spiro atoms. The van der Waals surface area contributed by atoms with Crippen LogP contribution in [0.3, 0.4) is 0 Å². The molecule has 0 unspecified atom stereocenters. The highest BCUT2D eigenvalue weighted by Gasteiger charge is 2.14. The Labute approximate surface area is 112 Å². The number of pyridine rings is 1. The second kappa shape index (κ2) is 5.52. The van der Waals surface area contributed by atoms with Gasteiger partial charge in [-0.1, -0.05) is 24.3 Å². The third kappa shape index (κ3) is 2.91. The zero-order chi connectivity index (χ0) is 13.8. The van der Waals surface area contributed by atoms with Crippen LogP contribution in [0.1, 0.15) is 27.0 Å². The first-order chi connectivity index (χ1) is 9.09. The van der Waals surface area contributed by atoms with Gasteiger partial charge in [-0.3, -0.25) is 0 Å². The first-order valence-corrected chi connectivity index (χ1v) is 6.07. The summed E-state index contributed by atoms with van der Waals surface area (Å²) in [6, 6.07) is 9.68. The smallest absolute Gasteiger partial charge is 0.339 e. The van der Waals surface area contributed by atoms with Crippen LogP contribution in [0.25, 0.3) is 0 Å². The number of nitrogens with one attached hydrogen (secondary N) is 1. The summed E-state index contributed by atoms with van der Waals surface area (Å²) in [6.07, 6.45) is 1.61. The lowest BCUT2D eigenvalue weighted by Crippen LogP contribution is -2.10. The fourth-order valence-electron chi connectivity index (χ4n) is 1.95. The SMILES string of the molecule is Cc1ccccc1CNc1nccc(C)c1C(=O)O. The number of aryl methyl sites for hydroxylation is 2. The van der Waals surface area contributed by atoms with E-state index in [1.165, 1.54) is 5.56 Å². The third-order valence-electron chi connectivity index (χ3n) is 3.08. The van der Waals surface area contributed by atoms with E-state index in [1.54, 1.807) is 19.2 Å². The Morgan fingerprint density at radius 2 is 1.95 bits per heavy atom. The van der Waals surface area contributed by atoms with Gasteiger partial charge in [0.15, 0.2) is 0 Å². The summed E-state index contributed by atoms with van der Waals surface area (Å²) in [7, 11) is 0. The van der Waals surface area contributed by atoms with E-state index in [0.717, 1.165) is 5.56 Å². The summed E-state index contributed by atoms with van der Waals surface area (Å²) in [6.45, 7) is 4.35.